The molecule has 1 rings (SSSR count). The van der Waals surface area contributed by atoms with Crippen molar-refractivity contribution in [2.24, 2.45) is 0 Å². The van der Waals surface area contributed by atoms with Gasteiger partial charge in [-0.2, -0.15) is 0 Å². The third-order valence-electron chi connectivity index (χ3n) is 2.84. The van der Waals surface area contributed by atoms with Gasteiger partial charge in [0.25, 0.3) is 0 Å². The summed E-state index contributed by atoms with van der Waals surface area (Å²) in [5, 5.41) is 31.7. The monoisotopic (exact) mass is 269 g/mol. The van der Waals surface area contributed by atoms with Gasteiger partial charge >= 0.3 is 11.7 Å². The molecule has 1 unspecified atom stereocenters. The molecule has 19 heavy (non-hydrogen) atoms. The highest BCUT2D eigenvalue weighted by Crippen LogP contribution is 2.26. The van der Waals surface area contributed by atoms with Crippen LogP contribution in [0.25, 0.3) is 0 Å². The molecular weight excluding hydrogens is 254 g/mol. The number of rotatable bonds is 6. The first-order valence-corrected chi connectivity index (χ1v) is 5.60. The Bertz CT molecular complexity index is 499. The van der Waals surface area contributed by atoms with Gasteiger partial charge in [0.15, 0.2) is 5.69 Å². The van der Waals surface area contributed by atoms with Gasteiger partial charge in [0.05, 0.1) is 17.1 Å². The standard InChI is InChI=1S/C11H15N3O5/c1-3-11(2,6-15)13-9-8(14(18)19)5-4-7(12-9)10(16)17/h4-5,15H,3,6H2,1-2H3,(H,12,13)(H,16,17). The Morgan fingerprint density at radius 3 is 2.63 bits per heavy atom. The summed E-state index contributed by atoms with van der Waals surface area (Å²) in [6.07, 6.45) is 0.486. The second-order valence-electron chi connectivity index (χ2n) is 4.32. The minimum Gasteiger partial charge on any atom is -0.477 e. The molecule has 0 aliphatic heterocycles. The summed E-state index contributed by atoms with van der Waals surface area (Å²) in [7, 11) is 0. The molecule has 0 amide bonds. The van der Waals surface area contributed by atoms with Crippen molar-refractivity contribution >= 4 is 17.5 Å². The summed E-state index contributed by atoms with van der Waals surface area (Å²) in [6, 6.07) is 2.14. The molecule has 3 N–H and O–H groups in total. The number of aromatic carboxylic acids is 1. The van der Waals surface area contributed by atoms with Crippen LogP contribution in [0.1, 0.15) is 30.8 Å². The van der Waals surface area contributed by atoms with Crippen LogP contribution in [0.2, 0.25) is 0 Å². The number of nitro groups is 1. The molecule has 104 valence electrons. The van der Waals surface area contributed by atoms with E-state index in [1.807, 2.05) is 0 Å². The predicted molar refractivity (Wildman–Crippen MR) is 67.3 cm³/mol. The highest BCUT2D eigenvalue weighted by atomic mass is 16.6. The van der Waals surface area contributed by atoms with E-state index in [2.05, 4.69) is 10.3 Å². The van der Waals surface area contributed by atoms with Crippen molar-refractivity contribution in [1.82, 2.24) is 4.98 Å². The minimum atomic E-state index is -1.28. The van der Waals surface area contributed by atoms with Crippen molar-refractivity contribution in [3.63, 3.8) is 0 Å². The molecule has 0 saturated heterocycles. The van der Waals surface area contributed by atoms with Gasteiger partial charge in [-0.3, -0.25) is 10.1 Å². The van der Waals surface area contributed by atoms with E-state index in [0.717, 1.165) is 12.1 Å². The molecule has 0 saturated carbocycles. The van der Waals surface area contributed by atoms with Crippen molar-refractivity contribution in [3.05, 3.63) is 27.9 Å². The zero-order chi connectivity index (χ0) is 14.6. The molecule has 1 atom stereocenters. The molecule has 0 aliphatic rings. The van der Waals surface area contributed by atoms with Crippen LogP contribution in [-0.2, 0) is 0 Å². The first-order chi connectivity index (χ1) is 8.83. The highest BCUT2D eigenvalue weighted by molar-refractivity contribution is 5.86. The van der Waals surface area contributed by atoms with Gasteiger partial charge in [0.2, 0.25) is 5.82 Å². The van der Waals surface area contributed by atoms with Crippen molar-refractivity contribution in [2.75, 3.05) is 11.9 Å². The molecule has 8 heteroatoms. The fourth-order valence-corrected chi connectivity index (χ4v) is 1.34. The van der Waals surface area contributed by atoms with Gasteiger partial charge < -0.3 is 15.5 Å². The maximum Gasteiger partial charge on any atom is 0.354 e. The molecule has 8 nitrogen and oxygen atoms in total. The molecule has 0 aliphatic carbocycles. The van der Waals surface area contributed by atoms with Gasteiger partial charge in [-0.25, -0.2) is 9.78 Å². The number of carboxylic acid groups (broad SMARTS) is 1. The lowest BCUT2D eigenvalue weighted by molar-refractivity contribution is -0.384. The van der Waals surface area contributed by atoms with Gasteiger partial charge in [0.1, 0.15) is 0 Å². The predicted octanol–water partition coefficient (Wildman–Crippen LogP) is 1.26. The summed E-state index contributed by atoms with van der Waals surface area (Å²) < 4.78 is 0. The Morgan fingerprint density at radius 1 is 1.58 bits per heavy atom. The Kier molecular flexibility index (Phi) is 4.38. The number of nitrogens with zero attached hydrogens (tertiary/aromatic N) is 2. The topological polar surface area (TPSA) is 126 Å². The quantitative estimate of drug-likeness (QED) is 0.524. The molecule has 0 fully saturated rings. The molecule has 1 aromatic heterocycles. The number of aliphatic hydroxyl groups is 1. The molecule has 0 aromatic carbocycles. The number of anilines is 1. The Hall–Kier alpha value is -2.22. The fourth-order valence-electron chi connectivity index (χ4n) is 1.34. The van der Waals surface area contributed by atoms with E-state index in [9.17, 15) is 20.0 Å². The van der Waals surface area contributed by atoms with Crippen LogP contribution >= 0.6 is 0 Å². The molecule has 1 aromatic rings. The fraction of sp³-hybridized carbons (Fsp3) is 0.455. The van der Waals surface area contributed by atoms with E-state index >= 15 is 0 Å². The first kappa shape index (κ1) is 14.8. The first-order valence-electron chi connectivity index (χ1n) is 5.60. The molecule has 0 bridgehead atoms. The van der Waals surface area contributed by atoms with E-state index < -0.39 is 16.4 Å². The third-order valence-corrected chi connectivity index (χ3v) is 2.84. The van der Waals surface area contributed by atoms with E-state index in [4.69, 9.17) is 5.11 Å². The van der Waals surface area contributed by atoms with E-state index in [1.165, 1.54) is 0 Å². The largest absolute Gasteiger partial charge is 0.477 e. The Morgan fingerprint density at radius 2 is 2.21 bits per heavy atom. The number of carboxylic acids is 1. The zero-order valence-electron chi connectivity index (χ0n) is 10.6. The van der Waals surface area contributed by atoms with Gasteiger partial charge in [0, 0.05) is 6.07 Å². The Labute approximate surface area is 109 Å². The Balaban J connectivity index is 3.25. The van der Waals surface area contributed by atoms with E-state index in [-0.39, 0.29) is 23.8 Å². The van der Waals surface area contributed by atoms with Crippen molar-refractivity contribution in [3.8, 4) is 0 Å². The summed E-state index contributed by atoms with van der Waals surface area (Å²) in [5.41, 5.74) is -1.45. The maximum atomic E-state index is 10.9. The number of carbonyl (C=O) groups is 1. The van der Waals surface area contributed by atoms with E-state index in [1.54, 1.807) is 13.8 Å². The van der Waals surface area contributed by atoms with Crippen LogP contribution in [0.3, 0.4) is 0 Å². The average Bonchev–Trinajstić information content (AvgIpc) is 2.38. The lowest BCUT2D eigenvalue weighted by Crippen LogP contribution is -2.38. The van der Waals surface area contributed by atoms with Crippen LogP contribution in [0.4, 0.5) is 11.5 Å². The van der Waals surface area contributed by atoms with Crippen LogP contribution < -0.4 is 5.32 Å². The summed E-state index contributed by atoms with van der Waals surface area (Å²) in [6.45, 7) is 3.18. The third kappa shape index (κ3) is 3.38. The second-order valence-corrected chi connectivity index (χ2v) is 4.32. The SMILES string of the molecule is CCC(C)(CO)Nc1nc(C(=O)O)ccc1[N+](=O)[O-]. The number of pyridine rings is 1. The lowest BCUT2D eigenvalue weighted by atomic mass is 10.0. The van der Waals surface area contributed by atoms with Crippen LogP contribution in [0.15, 0.2) is 12.1 Å². The number of aromatic nitrogens is 1. The average molecular weight is 269 g/mol. The van der Waals surface area contributed by atoms with E-state index in [0.29, 0.717) is 6.42 Å². The molecule has 0 radical (unpaired) electrons. The van der Waals surface area contributed by atoms with Crippen molar-refractivity contribution < 1.29 is 19.9 Å². The minimum absolute atomic E-state index is 0.164. The number of hydrogen-bond acceptors (Lipinski definition) is 6. The number of aliphatic hydroxyl groups excluding tert-OH is 1. The number of nitrogens with one attached hydrogen (secondary N) is 1. The number of hydrogen-bond donors (Lipinski definition) is 3. The van der Waals surface area contributed by atoms with Gasteiger partial charge in [-0.1, -0.05) is 6.92 Å². The van der Waals surface area contributed by atoms with Crippen LogP contribution in [0.5, 0.6) is 0 Å². The normalized spacial score (nSPS) is 13.6. The maximum absolute atomic E-state index is 10.9. The zero-order valence-corrected chi connectivity index (χ0v) is 10.6. The molecule has 0 spiro atoms. The van der Waals surface area contributed by atoms with Crippen molar-refractivity contribution in [1.29, 1.82) is 0 Å². The van der Waals surface area contributed by atoms with Crippen molar-refractivity contribution in [2.45, 2.75) is 25.8 Å². The second kappa shape index (κ2) is 5.61. The van der Waals surface area contributed by atoms with Gasteiger partial charge in [-0.15, -0.1) is 0 Å². The molecule has 1 heterocycles. The summed E-state index contributed by atoms with van der Waals surface area (Å²) >= 11 is 0. The molecular formula is C11H15N3O5. The van der Waals surface area contributed by atoms with Crippen LogP contribution in [-0.4, -0.2) is 38.2 Å². The summed E-state index contributed by atoms with van der Waals surface area (Å²) in [4.78, 5) is 24.8. The van der Waals surface area contributed by atoms with Crippen LogP contribution in [0, 0.1) is 10.1 Å². The smallest absolute Gasteiger partial charge is 0.354 e. The highest BCUT2D eigenvalue weighted by Gasteiger charge is 2.26. The van der Waals surface area contributed by atoms with Gasteiger partial charge in [-0.05, 0) is 19.4 Å². The summed E-state index contributed by atoms with van der Waals surface area (Å²) in [5.74, 6) is -1.44. The lowest BCUT2D eigenvalue weighted by Gasteiger charge is -2.27.